The van der Waals surface area contributed by atoms with Gasteiger partial charge in [-0.05, 0) is 19.9 Å². The first-order valence-corrected chi connectivity index (χ1v) is 6.82. The van der Waals surface area contributed by atoms with E-state index in [0.717, 1.165) is 5.01 Å². The molecule has 20 heavy (non-hydrogen) atoms. The molecule has 0 saturated carbocycles. The Balaban J connectivity index is 2.38. The van der Waals surface area contributed by atoms with Gasteiger partial charge in [0.05, 0.1) is 11.6 Å². The molecule has 0 fully saturated rings. The van der Waals surface area contributed by atoms with Crippen LogP contribution in [0, 0.1) is 6.92 Å². The predicted octanol–water partition coefficient (Wildman–Crippen LogP) is 2.82. The normalized spacial score (nSPS) is 11.3. The quantitative estimate of drug-likeness (QED) is 0.705. The van der Waals surface area contributed by atoms with Crippen molar-refractivity contribution in [3.63, 3.8) is 0 Å². The average molecular weight is 292 g/mol. The molecule has 2 aromatic heterocycles. The van der Waals surface area contributed by atoms with Crippen LogP contribution in [0.15, 0.2) is 10.5 Å². The lowest BCUT2D eigenvalue weighted by molar-refractivity contribution is 0.0529. The van der Waals surface area contributed by atoms with E-state index < -0.39 is 5.97 Å². The standard InChI is InChI=1S/C13H12N2O4S/c1-3-18-13(17)8-6-4-7(16)11-9(15-5(2)20-11)10(6)19-12(8)14/h4,16H,3,14H2,1-2H3. The summed E-state index contributed by atoms with van der Waals surface area (Å²) in [5, 5.41) is 11.3. The van der Waals surface area contributed by atoms with E-state index in [9.17, 15) is 9.90 Å². The number of rotatable bonds is 2. The van der Waals surface area contributed by atoms with Crippen LogP contribution in [0.3, 0.4) is 0 Å². The van der Waals surface area contributed by atoms with Crippen LogP contribution in [-0.4, -0.2) is 22.7 Å². The molecule has 104 valence electrons. The van der Waals surface area contributed by atoms with Crippen molar-refractivity contribution in [3.05, 3.63) is 16.6 Å². The maximum atomic E-state index is 11.9. The highest BCUT2D eigenvalue weighted by molar-refractivity contribution is 7.19. The van der Waals surface area contributed by atoms with Gasteiger partial charge in [-0.25, -0.2) is 9.78 Å². The molecule has 0 aliphatic carbocycles. The molecule has 7 heteroatoms. The largest absolute Gasteiger partial charge is 0.506 e. The first kappa shape index (κ1) is 12.7. The molecular formula is C13H12N2O4S. The van der Waals surface area contributed by atoms with Gasteiger partial charge in [-0.3, -0.25) is 0 Å². The molecule has 0 bridgehead atoms. The summed E-state index contributed by atoms with van der Waals surface area (Å²) >= 11 is 1.35. The molecule has 0 aliphatic heterocycles. The van der Waals surface area contributed by atoms with Gasteiger partial charge in [-0.2, -0.15) is 0 Å². The first-order chi connectivity index (χ1) is 9.52. The number of furan rings is 1. The molecule has 0 radical (unpaired) electrons. The second-order valence-electron chi connectivity index (χ2n) is 4.24. The number of carbonyl (C=O) groups excluding carboxylic acids is 1. The van der Waals surface area contributed by atoms with Gasteiger partial charge < -0.3 is 20.0 Å². The number of aromatic nitrogens is 1. The number of phenolic OH excluding ortho intramolecular Hbond substituents is 1. The number of esters is 1. The number of ether oxygens (including phenoxy) is 1. The minimum absolute atomic E-state index is 0.0315. The zero-order chi connectivity index (χ0) is 14.4. The number of nitrogen functional groups attached to an aromatic ring is 1. The van der Waals surface area contributed by atoms with Crippen LogP contribution in [-0.2, 0) is 4.74 Å². The van der Waals surface area contributed by atoms with Crippen LogP contribution in [0.2, 0.25) is 0 Å². The number of benzene rings is 1. The molecule has 0 spiro atoms. The van der Waals surface area contributed by atoms with E-state index in [0.29, 0.717) is 21.2 Å². The molecule has 0 unspecified atom stereocenters. The van der Waals surface area contributed by atoms with Gasteiger partial charge in [0.2, 0.25) is 5.88 Å². The lowest BCUT2D eigenvalue weighted by Crippen LogP contribution is -2.06. The van der Waals surface area contributed by atoms with Crippen molar-refractivity contribution in [2.45, 2.75) is 13.8 Å². The van der Waals surface area contributed by atoms with Crippen LogP contribution in [0.5, 0.6) is 5.75 Å². The molecule has 0 aliphatic rings. The number of aromatic hydroxyl groups is 1. The minimum Gasteiger partial charge on any atom is -0.506 e. The van der Waals surface area contributed by atoms with E-state index >= 15 is 0 Å². The minimum atomic E-state index is -0.575. The number of aryl methyl sites for hydroxylation is 1. The van der Waals surface area contributed by atoms with E-state index in [1.165, 1.54) is 17.4 Å². The lowest BCUT2D eigenvalue weighted by Gasteiger charge is -2.00. The Morgan fingerprint density at radius 3 is 3.05 bits per heavy atom. The van der Waals surface area contributed by atoms with Crippen molar-refractivity contribution < 1.29 is 19.1 Å². The number of nitrogens with two attached hydrogens (primary N) is 1. The van der Waals surface area contributed by atoms with E-state index in [-0.39, 0.29) is 23.8 Å². The topological polar surface area (TPSA) is 98.6 Å². The monoisotopic (exact) mass is 292 g/mol. The van der Waals surface area contributed by atoms with Crippen molar-refractivity contribution in [1.82, 2.24) is 4.98 Å². The second-order valence-corrected chi connectivity index (χ2v) is 5.45. The van der Waals surface area contributed by atoms with E-state index in [2.05, 4.69) is 4.98 Å². The Hall–Kier alpha value is -2.28. The highest BCUT2D eigenvalue weighted by Gasteiger charge is 2.24. The van der Waals surface area contributed by atoms with Gasteiger partial charge in [-0.1, -0.05) is 0 Å². The van der Waals surface area contributed by atoms with Gasteiger partial charge in [0.1, 0.15) is 21.5 Å². The molecule has 3 aromatic rings. The molecule has 0 saturated heterocycles. The van der Waals surface area contributed by atoms with Crippen LogP contribution in [0.4, 0.5) is 5.88 Å². The van der Waals surface area contributed by atoms with Gasteiger partial charge in [-0.15, -0.1) is 11.3 Å². The van der Waals surface area contributed by atoms with Crippen molar-refractivity contribution in [1.29, 1.82) is 0 Å². The molecule has 0 amide bonds. The van der Waals surface area contributed by atoms with Crippen LogP contribution in [0.25, 0.3) is 21.2 Å². The van der Waals surface area contributed by atoms with Crippen molar-refractivity contribution >= 4 is 44.4 Å². The fourth-order valence-electron chi connectivity index (χ4n) is 2.15. The van der Waals surface area contributed by atoms with Gasteiger partial charge in [0.15, 0.2) is 5.58 Å². The summed E-state index contributed by atoms with van der Waals surface area (Å²) < 4.78 is 11.0. The number of hydrogen-bond acceptors (Lipinski definition) is 7. The summed E-state index contributed by atoms with van der Waals surface area (Å²) in [7, 11) is 0. The van der Waals surface area contributed by atoms with Gasteiger partial charge >= 0.3 is 5.97 Å². The van der Waals surface area contributed by atoms with Crippen LogP contribution < -0.4 is 5.73 Å². The Morgan fingerprint density at radius 1 is 1.60 bits per heavy atom. The van der Waals surface area contributed by atoms with Gasteiger partial charge in [0, 0.05) is 5.39 Å². The summed E-state index contributed by atoms with van der Waals surface area (Å²) in [5.41, 5.74) is 6.78. The third kappa shape index (κ3) is 1.70. The maximum Gasteiger partial charge on any atom is 0.344 e. The highest BCUT2D eigenvalue weighted by atomic mass is 32.1. The SMILES string of the molecule is CCOC(=O)c1c(N)oc2c1cc(O)c1sc(C)nc12. The molecule has 3 rings (SSSR count). The Bertz CT molecular complexity index is 834. The predicted molar refractivity (Wildman–Crippen MR) is 76.2 cm³/mol. The number of anilines is 1. The zero-order valence-electron chi connectivity index (χ0n) is 10.9. The molecule has 3 N–H and O–H groups in total. The summed E-state index contributed by atoms with van der Waals surface area (Å²) in [5.74, 6) is -0.560. The number of nitrogens with zero attached hydrogens (tertiary/aromatic N) is 1. The van der Waals surface area contributed by atoms with E-state index in [1.54, 1.807) is 6.92 Å². The Labute approximate surface area is 117 Å². The number of thiazole rings is 1. The summed E-state index contributed by atoms with van der Waals surface area (Å²) in [4.78, 5) is 16.3. The Morgan fingerprint density at radius 2 is 2.35 bits per heavy atom. The number of carbonyl (C=O) groups is 1. The number of fused-ring (bicyclic) bond motifs is 3. The van der Waals surface area contributed by atoms with Gasteiger partial charge in [0.25, 0.3) is 0 Å². The maximum absolute atomic E-state index is 11.9. The Kier molecular flexibility index (Phi) is 2.79. The summed E-state index contributed by atoms with van der Waals surface area (Å²) in [6.07, 6.45) is 0. The smallest absolute Gasteiger partial charge is 0.344 e. The van der Waals surface area contributed by atoms with Crippen LogP contribution >= 0.6 is 11.3 Å². The van der Waals surface area contributed by atoms with E-state index in [1.807, 2.05) is 6.92 Å². The fraction of sp³-hybridized carbons (Fsp3) is 0.231. The summed E-state index contributed by atoms with van der Waals surface area (Å²) in [6, 6.07) is 1.46. The molecular weight excluding hydrogens is 280 g/mol. The third-order valence-electron chi connectivity index (χ3n) is 2.91. The average Bonchev–Trinajstić information content (AvgIpc) is 2.90. The number of hydrogen-bond donors (Lipinski definition) is 2. The van der Waals surface area contributed by atoms with E-state index in [4.69, 9.17) is 14.9 Å². The zero-order valence-corrected chi connectivity index (χ0v) is 11.7. The second kappa shape index (κ2) is 4.38. The number of phenols is 1. The van der Waals surface area contributed by atoms with Crippen LogP contribution in [0.1, 0.15) is 22.3 Å². The highest BCUT2D eigenvalue weighted by Crippen LogP contribution is 2.40. The molecule has 6 nitrogen and oxygen atoms in total. The lowest BCUT2D eigenvalue weighted by atomic mass is 10.1. The first-order valence-electron chi connectivity index (χ1n) is 6.01. The molecule has 1 aromatic carbocycles. The molecule has 0 atom stereocenters. The van der Waals surface area contributed by atoms with Crippen molar-refractivity contribution in [2.75, 3.05) is 12.3 Å². The van der Waals surface area contributed by atoms with Crippen molar-refractivity contribution in [3.8, 4) is 5.75 Å². The third-order valence-corrected chi connectivity index (χ3v) is 3.91. The fourth-order valence-corrected chi connectivity index (χ4v) is 2.98. The summed E-state index contributed by atoms with van der Waals surface area (Å²) in [6.45, 7) is 3.76. The molecule has 2 heterocycles. The van der Waals surface area contributed by atoms with Crippen molar-refractivity contribution in [2.24, 2.45) is 0 Å².